The van der Waals surface area contributed by atoms with Crippen LogP contribution in [0, 0.1) is 0 Å². The molecule has 0 radical (unpaired) electrons. The van der Waals surface area contributed by atoms with Crippen molar-refractivity contribution in [2.24, 2.45) is 0 Å². The van der Waals surface area contributed by atoms with Crippen LogP contribution in [0.3, 0.4) is 0 Å². The minimum Gasteiger partial charge on any atom is -0.469 e. The molecule has 0 saturated carbocycles. The molecule has 1 aliphatic rings. The molecule has 1 fully saturated rings. The summed E-state index contributed by atoms with van der Waals surface area (Å²) in [7, 11) is -3.21. The third-order valence-corrected chi connectivity index (χ3v) is 5.84. The Balaban J connectivity index is 1.59. The van der Waals surface area contributed by atoms with Crippen molar-refractivity contribution in [3.05, 3.63) is 48.4 Å². The summed E-state index contributed by atoms with van der Waals surface area (Å²) in [6.07, 6.45) is 4.03. The fourth-order valence-corrected chi connectivity index (χ4v) is 4.34. The number of rotatable bonds is 5. The van der Waals surface area contributed by atoms with E-state index >= 15 is 0 Å². The quantitative estimate of drug-likeness (QED) is 0.901. The van der Waals surface area contributed by atoms with Gasteiger partial charge in [0.1, 0.15) is 5.76 Å². The van der Waals surface area contributed by atoms with Gasteiger partial charge in [0.15, 0.2) is 0 Å². The van der Waals surface area contributed by atoms with Gasteiger partial charge in [-0.1, -0.05) is 0 Å². The van der Waals surface area contributed by atoms with Gasteiger partial charge in [-0.25, -0.2) is 8.42 Å². The summed E-state index contributed by atoms with van der Waals surface area (Å²) in [6, 6.07) is 10.5. The molecule has 0 bridgehead atoms. The summed E-state index contributed by atoms with van der Waals surface area (Å²) in [5.41, 5.74) is 1.29. The Morgan fingerprint density at radius 2 is 1.96 bits per heavy atom. The molecule has 24 heavy (non-hydrogen) atoms. The maximum atomic E-state index is 12.1. The molecule has 0 spiro atoms. The van der Waals surface area contributed by atoms with Crippen LogP contribution in [0.25, 0.3) is 0 Å². The zero-order valence-corrected chi connectivity index (χ0v) is 14.1. The van der Waals surface area contributed by atoms with Gasteiger partial charge in [-0.15, -0.1) is 0 Å². The molecular weight excluding hydrogens is 328 g/mol. The molecule has 2 aromatic rings. The van der Waals surface area contributed by atoms with E-state index in [2.05, 4.69) is 5.32 Å². The lowest BCUT2D eigenvalue weighted by Crippen LogP contribution is -2.37. The number of benzene rings is 1. The topological polar surface area (TPSA) is 79.6 Å². The van der Waals surface area contributed by atoms with Gasteiger partial charge in [0.2, 0.25) is 15.9 Å². The lowest BCUT2D eigenvalue weighted by Gasteiger charge is -2.28. The molecule has 128 valence electrons. The SMILES string of the molecule is O=C(CCc1ccco1)Nc1ccc(N2CCCCS2(=O)=O)cc1. The van der Waals surface area contributed by atoms with Gasteiger partial charge in [-0.05, 0) is 49.2 Å². The molecule has 0 unspecified atom stereocenters. The minimum atomic E-state index is -3.21. The van der Waals surface area contributed by atoms with E-state index in [1.54, 1.807) is 36.6 Å². The van der Waals surface area contributed by atoms with E-state index in [-0.39, 0.29) is 11.7 Å². The smallest absolute Gasteiger partial charge is 0.235 e. The first-order valence-electron chi connectivity index (χ1n) is 7.97. The van der Waals surface area contributed by atoms with E-state index in [9.17, 15) is 13.2 Å². The molecule has 2 heterocycles. The number of hydrogen-bond donors (Lipinski definition) is 1. The number of aryl methyl sites for hydroxylation is 1. The van der Waals surface area contributed by atoms with Gasteiger partial charge >= 0.3 is 0 Å². The Kier molecular flexibility index (Phi) is 4.89. The second kappa shape index (κ2) is 7.09. The van der Waals surface area contributed by atoms with Crippen molar-refractivity contribution in [1.29, 1.82) is 0 Å². The summed E-state index contributed by atoms with van der Waals surface area (Å²) in [5.74, 6) is 0.860. The fraction of sp³-hybridized carbons (Fsp3) is 0.353. The first-order valence-corrected chi connectivity index (χ1v) is 9.58. The fourth-order valence-electron chi connectivity index (χ4n) is 2.70. The lowest BCUT2D eigenvalue weighted by molar-refractivity contribution is -0.116. The maximum Gasteiger partial charge on any atom is 0.235 e. The predicted octanol–water partition coefficient (Wildman–Crippen LogP) is 2.78. The number of carbonyl (C=O) groups excluding carboxylic acids is 1. The molecular formula is C17H20N2O4S. The zero-order valence-electron chi connectivity index (χ0n) is 13.3. The maximum absolute atomic E-state index is 12.1. The second-order valence-electron chi connectivity index (χ2n) is 5.77. The third kappa shape index (κ3) is 3.97. The highest BCUT2D eigenvalue weighted by Gasteiger charge is 2.25. The molecule has 3 rings (SSSR count). The highest BCUT2D eigenvalue weighted by Crippen LogP contribution is 2.25. The van der Waals surface area contributed by atoms with Gasteiger partial charge in [0.25, 0.3) is 0 Å². The molecule has 1 aromatic heterocycles. The van der Waals surface area contributed by atoms with Crippen LogP contribution >= 0.6 is 0 Å². The number of anilines is 2. The molecule has 0 atom stereocenters. The van der Waals surface area contributed by atoms with E-state index in [1.807, 2.05) is 6.07 Å². The van der Waals surface area contributed by atoms with E-state index < -0.39 is 10.0 Å². The highest BCUT2D eigenvalue weighted by atomic mass is 32.2. The van der Waals surface area contributed by atoms with Crippen molar-refractivity contribution in [2.45, 2.75) is 25.7 Å². The van der Waals surface area contributed by atoms with Crippen LogP contribution in [0.15, 0.2) is 47.1 Å². The molecule has 0 aliphatic carbocycles. The van der Waals surface area contributed by atoms with E-state index in [0.717, 1.165) is 12.2 Å². The molecule has 1 aliphatic heterocycles. The largest absolute Gasteiger partial charge is 0.469 e. The third-order valence-electron chi connectivity index (χ3n) is 3.97. The van der Waals surface area contributed by atoms with Gasteiger partial charge in [0, 0.05) is 25.1 Å². The average molecular weight is 348 g/mol. The van der Waals surface area contributed by atoms with Crippen LogP contribution in [0.1, 0.15) is 25.0 Å². The Hall–Kier alpha value is -2.28. The van der Waals surface area contributed by atoms with Crippen molar-refractivity contribution < 1.29 is 17.6 Å². The Morgan fingerprint density at radius 3 is 2.62 bits per heavy atom. The zero-order chi connectivity index (χ0) is 17.0. The molecule has 7 heteroatoms. The van der Waals surface area contributed by atoms with Gasteiger partial charge in [-0.3, -0.25) is 9.10 Å². The van der Waals surface area contributed by atoms with Crippen LogP contribution in [-0.2, 0) is 21.2 Å². The number of nitrogens with zero attached hydrogens (tertiary/aromatic N) is 1. The molecule has 1 saturated heterocycles. The van der Waals surface area contributed by atoms with Crippen molar-refractivity contribution in [1.82, 2.24) is 0 Å². The summed E-state index contributed by atoms with van der Waals surface area (Å²) in [6.45, 7) is 0.511. The van der Waals surface area contributed by atoms with Crippen LogP contribution in [-0.4, -0.2) is 26.6 Å². The number of carbonyl (C=O) groups is 1. The molecule has 1 amide bonds. The molecule has 1 N–H and O–H groups in total. The second-order valence-corrected chi connectivity index (χ2v) is 7.78. The normalized spacial score (nSPS) is 16.8. The summed E-state index contributed by atoms with van der Waals surface area (Å²) < 4.78 is 30.8. The van der Waals surface area contributed by atoms with Crippen molar-refractivity contribution in [3.63, 3.8) is 0 Å². The van der Waals surface area contributed by atoms with Crippen molar-refractivity contribution in [2.75, 3.05) is 21.9 Å². The number of sulfonamides is 1. The van der Waals surface area contributed by atoms with Crippen LogP contribution < -0.4 is 9.62 Å². The number of nitrogens with one attached hydrogen (secondary N) is 1. The molecule has 1 aromatic carbocycles. The highest BCUT2D eigenvalue weighted by molar-refractivity contribution is 7.92. The summed E-state index contributed by atoms with van der Waals surface area (Å²) in [4.78, 5) is 11.9. The van der Waals surface area contributed by atoms with E-state index in [1.165, 1.54) is 4.31 Å². The van der Waals surface area contributed by atoms with Crippen molar-refractivity contribution >= 4 is 27.3 Å². The number of hydrogen-bond acceptors (Lipinski definition) is 4. The van der Waals surface area contributed by atoms with Gasteiger partial charge in [0.05, 0.1) is 17.7 Å². The van der Waals surface area contributed by atoms with Gasteiger partial charge < -0.3 is 9.73 Å². The summed E-state index contributed by atoms with van der Waals surface area (Å²) >= 11 is 0. The van der Waals surface area contributed by atoms with Crippen molar-refractivity contribution in [3.8, 4) is 0 Å². The Labute approximate surface area is 141 Å². The van der Waals surface area contributed by atoms with Crippen LogP contribution in [0.2, 0.25) is 0 Å². The minimum absolute atomic E-state index is 0.107. The number of furan rings is 1. The van der Waals surface area contributed by atoms with Crippen LogP contribution in [0.4, 0.5) is 11.4 Å². The summed E-state index contributed by atoms with van der Waals surface area (Å²) in [5, 5.41) is 2.81. The van der Waals surface area contributed by atoms with E-state index in [4.69, 9.17) is 4.42 Å². The lowest BCUT2D eigenvalue weighted by atomic mass is 10.2. The monoisotopic (exact) mass is 348 g/mol. The van der Waals surface area contributed by atoms with Gasteiger partial charge in [-0.2, -0.15) is 0 Å². The Morgan fingerprint density at radius 1 is 1.17 bits per heavy atom. The average Bonchev–Trinajstić information content (AvgIpc) is 3.07. The first-order chi connectivity index (χ1) is 11.5. The van der Waals surface area contributed by atoms with Crippen LogP contribution in [0.5, 0.6) is 0 Å². The predicted molar refractivity (Wildman–Crippen MR) is 92.5 cm³/mol. The standard InChI is InChI=1S/C17H20N2O4S/c20-17(10-9-16-4-3-12-23-16)18-14-5-7-15(8-6-14)19-11-1-2-13-24(19,21)22/h3-8,12H,1-2,9-11,13H2,(H,18,20). The van der Waals surface area contributed by atoms with E-state index in [0.29, 0.717) is 37.2 Å². The first kappa shape index (κ1) is 16.6. The molecule has 6 nitrogen and oxygen atoms in total. The Bertz CT molecular complexity index is 783. The number of amides is 1.